The fourth-order valence-electron chi connectivity index (χ4n) is 3.87. The normalized spacial score (nSPS) is 14.1. The number of nitrogens with one attached hydrogen (secondary N) is 1. The molecule has 3 aromatic rings. The van der Waals surface area contributed by atoms with E-state index in [0.29, 0.717) is 37.7 Å². The van der Waals surface area contributed by atoms with Crippen LogP contribution in [0.1, 0.15) is 34.2 Å². The maximum Gasteiger partial charge on any atom is 0.433 e. The lowest BCUT2D eigenvalue weighted by molar-refractivity contribution is -0.141. The molecule has 3 N–H and O–H groups in total. The van der Waals surface area contributed by atoms with Crippen molar-refractivity contribution in [3.8, 4) is 23.0 Å². The molecule has 7 nitrogen and oxygen atoms in total. The van der Waals surface area contributed by atoms with E-state index in [-0.39, 0.29) is 25.1 Å². The van der Waals surface area contributed by atoms with Crippen LogP contribution >= 0.6 is 13.5 Å². The number of nitrogens with zero attached hydrogens (tertiary/aromatic N) is 3. The van der Waals surface area contributed by atoms with Gasteiger partial charge in [0.1, 0.15) is 11.4 Å². The maximum atomic E-state index is 13.0. The molecule has 0 aliphatic carbocycles. The summed E-state index contributed by atoms with van der Waals surface area (Å²) in [4.78, 5) is 22.8. The van der Waals surface area contributed by atoms with E-state index in [9.17, 15) is 18.0 Å². The van der Waals surface area contributed by atoms with Gasteiger partial charge < -0.3 is 20.7 Å². The Morgan fingerprint density at radius 2 is 1.89 bits per heavy atom. The molecule has 1 aliphatic heterocycles. The summed E-state index contributed by atoms with van der Waals surface area (Å²) in [7, 11) is 0. The Balaban J connectivity index is 0.00000400. The highest BCUT2D eigenvalue weighted by Gasteiger charge is 2.33. The number of hydrogen-bond donors (Lipinski definition) is 2. The summed E-state index contributed by atoms with van der Waals surface area (Å²) in [5, 5.41) is 2.68. The number of amides is 1. The summed E-state index contributed by atoms with van der Waals surface area (Å²) in [6, 6.07) is 8.96. The largest absolute Gasteiger partial charge is 0.433 e. The predicted molar refractivity (Wildman–Crippen MR) is 146 cm³/mol. The van der Waals surface area contributed by atoms with Crippen molar-refractivity contribution < 1.29 is 22.7 Å². The van der Waals surface area contributed by atoms with Crippen molar-refractivity contribution in [2.45, 2.75) is 26.1 Å². The number of carbonyl (C=O) groups is 1. The molecule has 200 valence electrons. The van der Waals surface area contributed by atoms with Gasteiger partial charge in [-0.1, -0.05) is 12.0 Å². The van der Waals surface area contributed by atoms with Crippen LogP contribution in [-0.4, -0.2) is 48.2 Å². The predicted octanol–water partition coefficient (Wildman–Crippen LogP) is 4.37. The standard InChI is InChI=1S/C27H26F3N5O2.H2S/c1-17-3-5-21(34-26(36)19-7-8-32-25(14-19)27(28,29)30)15-22(17)20-13-24(35-9-11-37-12-10-35)23(33-16-20)6-4-18(2)31;/h3,5,7-8,13-16,18H,9-12,31H2,1-2H3,(H,34,36);1H2/t18-;/m0./s1. The molecular formula is C27H28F3N5O2S. The van der Waals surface area contributed by atoms with E-state index in [1.54, 1.807) is 25.3 Å². The van der Waals surface area contributed by atoms with E-state index in [4.69, 9.17) is 10.5 Å². The van der Waals surface area contributed by atoms with Crippen molar-refractivity contribution >= 4 is 30.8 Å². The Kier molecular flexibility index (Phi) is 9.38. The molecule has 38 heavy (non-hydrogen) atoms. The van der Waals surface area contributed by atoms with Crippen LogP contribution in [0, 0.1) is 18.8 Å². The summed E-state index contributed by atoms with van der Waals surface area (Å²) in [6.07, 6.45) is -1.97. The van der Waals surface area contributed by atoms with Gasteiger partial charge in [0.2, 0.25) is 0 Å². The zero-order valence-corrected chi connectivity index (χ0v) is 21.9. The van der Waals surface area contributed by atoms with Crippen molar-refractivity contribution in [1.29, 1.82) is 0 Å². The van der Waals surface area contributed by atoms with E-state index in [2.05, 4.69) is 32.0 Å². The number of pyridine rings is 2. The molecule has 3 heterocycles. The number of halogens is 3. The van der Waals surface area contributed by atoms with Crippen molar-refractivity contribution in [3.63, 3.8) is 0 Å². The van der Waals surface area contributed by atoms with Crippen LogP contribution in [0.25, 0.3) is 11.1 Å². The molecule has 0 bridgehead atoms. The Bertz CT molecular complexity index is 1360. The first-order valence-electron chi connectivity index (χ1n) is 11.7. The lowest BCUT2D eigenvalue weighted by Crippen LogP contribution is -2.36. The molecule has 1 aromatic carbocycles. The number of alkyl halides is 3. The number of nitrogens with two attached hydrogens (primary N) is 1. The van der Waals surface area contributed by atoms with Crippen molar-refractivity contribution in [3.05, 3.63) is 71.3 Å². The minimum atomic E-state index is -4.64. The molecule has 1 amide bonds. The monoisotopic (exact) mass is 543 g/mol. The molecule has 0 radical (unpaired) electrons. The molecule has 1 aliphatic rings. The van der Waals surface area contributed by atoms with Crippen LogP contribution in [0.2, 0.25) is 0 Å². The summed E-state index contributed by atoms with van der Waals surface area (Å²) in [5.41, 5.74) is 9.01. The summed E-state index contributed by atoms with van der Waals surface area (Å²) < 4.78 is 44.5. The van der Waals surface area contributed by atoms with Gasteiger partial charge in [-0.3, -0.25) is 9.78 Å². The first kappa shape index (κ1) is 29.0. The average Bonchev–Trinajstić information content (AvgIpc) is 2.88. The van der Waals surface area contributed by atoms with Crippen LogP contribution in [0.3, 0.4) is 0 Å². The maximum absolute atomic E-state index is 13.0. The average molecular weight is 544 g/mol. The third-order valence-electron chi connectivity index (χ3n) is 5.76. The first-order valence-corrected chi connectivity index (χ1v) is 11.7. The highest BCUT2D eigenvalue weighted by atomic mass is 32.1. The molecule has 4 rings (SSSR count). The Morgan fingerprint density at radius 3 is 2.58 bits per heavy atom. The van der Waals surface area contributed by atoms with Gasteiger partial charge in [0.25, 0.3) is 5.91 Å². The molecule has 0 saturated carbocycles. The minimum Gasteiger partial charge on any atom is -0.378 e. The Labute approximate surface area is 226 Å². The van der Waals surface area contributed by atoms with E-state index in [0.717, 1.165) is 34.6 Å². The second-order valence-electron chi connectivity index (χ2n) is 8.66. The molecule has 2 aromatic heterocycles. The van der Waals surface area contributed by atoms with Crippen LogP contribution in [0.4, 0.5) is 24.5 Å². The number of carbonyl (C=O) groups excluding carboxylic acids is 1. The topological polar surface area (TPSA) is 93.4 Å². The van der Waals surface area contributed by atoms with Crippen LogP contribution in [0.15, 0.2) is 48.8 Å². The molecule has 1 fully saturated rings. The summed E-state index contributed by atoms with van der Waals surface area (Å²) >= 11 is 0. The molecule has 1 saturated heterocycles. The van der Waals surface area contributed by atoms with Crippen molar-refractivity contribution in [2.24, 2.45) is 5.73 Å². The van der Waals surface area contributed by atoms with Crippen molar-refractivity contribution in [1.82, 2.24) is 9.97 Å². The number of aryl methyl sites for hydroxylation is 1. The van der Waals surface area contributed by atoms with Gasteiger partial charge in [-0.2, -0.15) is 26.7 Å². The number of anilines is 2. The lowest BCUT2D eigenvalue weighted by atomic mass is 10.00. The molecule has 1 atom stereocenters. The second kappa shape index (κ2) is 12.3. The number of rotatable bonds is 4. The highest BCUT2D eigenvalue weighted by Crippen LogP contribution is 2.32. The number of hydrogen-bond acceptors (Lipinski definition) is 6. The van der Waals surface area contributed by atoms with Crippen LogP contribution in [0.5, 0.6) is 0 Å². The fraction of sp³-hybridized carbons (Fsp3) is 0.296. The van der Waals surface area contributed by atoms with E-state index in [1.807, 2.05) is 19.1 Å². The number of benzene rings is 1. The summed E-state index contributed by atoms with van der Waals surface area (Å²) in [6.45, 7) is 6.30. The smallest absolute Gasteiger partial charge is 0.378 e. The second-order valence-corrected chi connectivity index (χ2v) is 8.66. The van der Waals surface area contributed by atoms with Gasteiger partial charge in [-0.25, -0.2) is 4.98 Å². The fourth-order valence-corrected chi connectivity index (χ4v) is 3.87. The first-order chi connectivity index (χ1) is 17.6. The van der Waals surface area contributed by atoms with Gasteiger partial charge in [-0.15, -0.1) is 0 Å². The quantitative estimate of drug-likeness (QED) is 0.475. The third kappa shape index (κ3) is 7.04. The van der Waals surface area contributed by atoms with E-state index < -0.39 is 17.8 Å². The molecule has 0 spiro atoms. The van der Waals surface area contributed by atoms with Crippen LogP contribution in [-0.2, 0) is 10.9 Å². The Morgan fingerprint density at radius 1 is 1.16 bits per heavy atom. The van der Waals surface area contributed by atoms with E-state index >= 15 is 0 Å². The van der Waals surface area contributed by atoms with Gasteiger partial charge in [0, 0.05) is 42.3 Å². The third-order valence-corrected chi connectivity index (χ3v) is 5.76. The van der Waals surface area contributed by atoms with Gasteiger partial charge in [0.05, 0.1) is 24.9 Å². The highest BCUT2D eigenvalue weighted by molar-refractivity contribution is 7.59. The minimum absolute atomic E-state index is 0. The SMILES string of the molecule is Cc1ccc(NC(=O)c2ccnc(C(F)(F)F)c2)cc1-c1cnc(C#C[C@H](C)N)c(N2CCOCC2)c1.S. The van der Waals surface area contributed by atoms with Gasteiger partial charge in [0.15, 0.2) is 0 Å². The molecule has 11 heteroatoms. The van der Waals surface area contributed by atoms with Crippen molar-refractivity contribution in [2.75, 3.05) is 36.5 Å². The zero-order chi connectivity index (χ0) is 26.6. The lowest BCUT2D eigenvalue weighted by Gasteiger charge is -2.29. The molecule has 0 unspecified atom stereocenters. The Hall–Kier alpha value is -3.59. The van der Waals surface area contributed by atoms with Gasteiger partial charge in [-0.05, 0) is 61.2 Å². The van der Waals surface area contributed by atoms with E-state index in [1.165, 1.54) is 6.07 Å². The number of morpholine rings is 1. The molecular weight excluding hydrogens is 515 g/mol. The summed E-state index contributed by atoms with van der Waals surface area (Å²) in [5.74, 6) is 5.35. The van der Waals surface area contributed by atoms with Gasteiger partial charge >= 0.3 is 6.18 Å². The zero-order valence-electron chi connectivity index (χ0n) is 20.9. The number of aromatic nitrogens is 2. The van der Waals surface area contributed by atoms with Crippen LogP contribution < -0.4 is 16.0 Å². The number of ether oxygens (including phenoxy) is 1.